The van der Waals surface area contributed by atoms with Gasteiger partial charge in [0.15, 0.2) is 0 Å². The standard InChI is InChI=1S/C48H72N18O2/c1-61(55-49)35-13-7-9-15-37-63(3)57-51-41-19-27-45(28-20-41)67-47-31-23-43(24-32-47)53-59-65(5)39-17-11-12-18-40-66(6)60-54-44-25-33-48(34-26-44)68-46-29-21-42(22-30-46)52-58-64(4)38-16-10-8-14-36-62(2)56-50/h19-34,49-50H,7-18,35-40H2,1-6H3. The van der Waals surface area contributed by atoms with Crippen molar-refractivity contribution in [3.63, 3.8) is 0 Å². The summed E-state index contributed by atoms with van der Waals surface area (Å²) in [6, 6.07) is 30.1. The van der Waals surface area contributed by atoms with Gasteiger partial charge in [0.25, 0.3) is 0 Å². The monoisotopic (exact) mass is 933 g/mol. The highest BCUT2D eigenvalue weighted by molar-refractivity contribution is 5.46. The zero-order valence-electron chi connectivity index (χ0n) is 40.9. The molecule has 0 unspecified atom stereocenters. The molecule has 0 radical (unpaired) electrons. The molecule has 0 heterocycles. The topological polar surface area (TPSA) is 209 Å². The Bertz CT molecular complexity index is 1950. The molecule has 2 N–H and O–H groups in total. The number of rotatable bonds is 35. The molecule has 68 heavy (non-hydrogen) atoms. The summed E-state index contributed by atoms with van der Waals surface area (Å²) in [5, 5.41) is 52.3. The third-order valence-electron chi connectivity index (χ3n) is 10.6. The van der Waals surface area contributed by atoms with Crippen molar-refractivity contribution in [1.82, 2.24) is 30.1 Å². The predicted octanol–water partition coefficient (Wildman–Crippen LogP) is 14.1. The van der Waals surface area contributed by atoms with Gasteiger partial charge in [0.05, 0.1) is 22.7 Å². The number of unbranched alkanes of at least 4 members (excludes halogenated alkanes) is 9. The van der Waals surface area contributed by atoms with Gasteiger partial charge in [0.1, 0.15) is 23.0 Å². The maximum Gasteiger partial charge on any atom is 0.127 e. The summed E-state index contributed by atoms with van der Waals surface area (Å²) in [6.07, 6.45) is 12.8. The van der Waals surface area contributed by atoms with Crippen LogP contribution in [0.25, 0.3) is 0 Å². The molecule has 0 bridgehead atoms. The number of ether oxygens (including phenoxy) is 2. The first-order chi connectivity index (χ1) is 33.1. The molecular formula is C48H72N18O2. The van der Waals surface area contributed by atoms with E-state index in [0.717, 1.165) is 139 Å². The van der Waals surface area contributed by atoms with Crippen molar-refractivity contribution in [3.05, 3.63) is 97.1 Å². The average Bonchev–Trinajstić information content (AvgIpc) is 3.36. The second-order valence-corrected chi connectivity index (χ2v) is 16.7. The molecule has 0 spiro atoms. The van der Waals surface area contributed by atoms with Crippen LogP contribution in [0.15, 0.2) is 149 Å². The van der Waals surface area contributed by atoms with E-state index in [1.165, 1.54) is 0 Å². The molecule has 20 nitrogen and oxygen atoms in total. The molecule has 0 saturated heterocycles. The fourth-order valence-electron chi connectivity index (χ4n) is 6.49. The molecule has 0 atom stereocenters. The van der Waals surface area contributed by atoms with E-state index in [-0.39, 0.29) is 0 Å². The molecule has 0 fully saturated rings. The Kier molecular flexibility index (Phi) is 25.0. The molecule has 20 heteroatoms. The Morgan fingerprint density at radius 1 is 0.294 bits per heavy atom. The zero-order valence-corrected chi connectivity index (χ0v) is 40.9. The van der Waals surface area contributed by atoms with Crippen LogP contribution in [-0.4, -0.2) is 112 Å². The average molecular weight is 933 g/mol. The van der Waals surface area contributed by atoms with Crippen molar-refractivity contribution >= 4 is 22.7 Å². The molecule has 366 valence electrons. The van der Waals surface area contributed by atoms with Crippen LogP contribution in [-0.2, 0) is 0 Å². The fourth-order valence-corrected chi connectivity index (χ4v) is 6.49. The van der Waals surface area contributed by atoms with Crippen LogP contribution in [0.2, 0.25) is 0 Å². The lowest BCUT2D eigenvalue weighted by Gasteiger charge is -2.12. The summed E-state index contributed by atoms with van der Waals surface area (Å²) in [5.74, 6) is 2.84. The van der Waals surface area contributed by atoms with E-state index in [4.69, 9.17) is 20.5 Å². The van der Waals surface area contributed by atoms with Crippen LogP contribution in [0.4, 0.5) is 22.7 Å². The van der Waals surface area contributed by atoms with Gasteiger partial charge >= 0.3 is 0 Å². The lowest BCUT2D eigenvalue weighted by atomic mass is 10.2. The van der Waals surface area contributed by atoms with Gasteiger partial charge in [-0.05, 0) is 136 Å². The van der Waals surface area contributed by atoms with E-state index in [9.17, 15) is 0 Å². The Labute approximate surface area is 402 Å². The first kappa shape index (κ1) is 53.5. The Hall–Kier alpha value is -7.12. The van der Waals surface area contributed by atoms with E-state index >= 15 is 0 Å². The molecule has 4 rings (SSSR count). The van der Waals surface area contributed by atoms with Gasteiger partial charge in [-0.15, -0.1) is 20.5 Å². The van der Waals surface area contributed by atoms with Crippen LogP contribution in [0, 0.1) is 11.1 Å². The molecule has 0 aliphatic carbocycles. The van der Waals surface area contributed by atoms with E-state index in [1.807, 2.05) is 159 Å². The normalized spacial score (nSPS) is 11.4. The quantitative estimate of drug-likeness (QED) is 0.0257. The lowest BCUT2D eigenvalue weighted by Crippen LogP contribution is -2.13. The molecule has 0 aromatic heterocycles. The van der Waals surface area contributed by atoms with Gasteiger partial charge in [-0.3, -0.25) is 30.1 Å². The van der Waals surface area contributed by atoms with Gasteiger partial charge in [-0.25, -0.2) is 0 Å². The third-order valence-corrected chi connectivity index (χ3v) is 10.6. The fraction of sp³-hybridized carbons (Fsp3) is 0.500. The smallest absolute Gasteiger partial charge is 0.127 e. The summed E-state index contributed by atoms with van der Waals surface area (Å²) in [4.78, 5) is 0. The Balaban J connectivity index is 1.03. The van der Waals surface area contributed by atoms with Crippen molar-refractivity contribution in [2.75, 3.05) is 81.6 Å². The highest BCUT2D eigenvalue weighted by Gasteiger charge is 2.04. The maximum absolute atomic E-state index is 6.98. The Morgan fingerprint density at radius 3 is 0.676 bits per heavy atom. The van der Waals surface area contributed by atoms with Crippen molar-refractivity contribution in [2.45, 2.75) is 77.0 Å². The number of hydrogen-bond donors (Lipinski definition) is 2. The van der Waals surface area contributed by atoms with E-state index in [0.29, 0.717) is 23.0 Å². The molecule has 4 aromatic rings. The summed E-state index contributed by atoms with van der Waals surface area (Å²) >= 11 is 0. The summed E-state index contributed by atoms with van der Waals surface area (Å²) in [7, 11) is 11.4. The van der Waals surface area contributed by atoms with Crippen molar-refractivity contribution in [3.8, 4) is 23.0 Å². The second kappa shape index (κ2) is 31.7. The molecule has 0 saturated carbocycles. The van der Waals surface area contributed by atoms with Crippen LogP contribution >= 0.6 is 0 Å². The lowest BCUT2D eigenvalue weighted by molar-refractivity contribution is 0.301. The minimum absolute atomic E-state index is 0.708. The number of benzene rings is 4. The highest BCUT2D eigenvalue weighted by atomic mass is 16.5. The maximum atomic E-state index is 6.98. The third kappa shape index (κ3) is 23.4. The minimum atomic E-state index is 0.708. The zero-order chi connectivity index (χ0) is 48.6. The molecular weight excluding hydrogens is 861 g/mol. The van der Waals surface area contributed by atoms with Crippen molar-refractivity contribution in [1.29, 1.82) is 11.1 Å². The first-order valence-corrected chi connectivity index (χ1v) is 23.5. The van der Waals surface area contributed by atoms with Crippen molar-refractivity contribution in [2.24, 2.45) is 51.8 Å². The van der Waals surface area contributed by atoms with Gasteiger partial charge in [0.2, 0.25) is 0 Å². The summed E-state index contributed by atoms with van der Waals surface area (Å²) in [6.45, 7) is 4.93. The van der Waals surface area contributed by atoms with Crippen LogP contribution < -0.4 is 9.47 Å². The molecule has 0 amide bonds. The minimum Gasteiger partial charge on any atom is -0.457 e. The predicted molar refractivity (Wildman–Crippen MR) is 265 cm³/mol. The highest BCUT2D eigenvalue weighted by Crippen LogP contribution is 2.28. The number of nitrogens with zero attached hydrogens (tertiary/aromatic N) is 16. The molecule has 0 aliphatic heterocycles. The molecule has 4 aromatic carbocycles. The summed E-state index contributed by atoms with van der Waals surface area (Å²) < 4.78 is 12.0. The van der Waals surface area contributed by atoms with E-state index in [2.05, 4.69) is 51.8 Å². The van der Waals surface area contributed by atoms with E-state index < -0.39 is 0 Å². The number of nitrogens with one attached hydrogen (secondary N) is 2. The summed E-state index contributed by atoms with van der Waals surface area (Å²) in [5.41, 5.74) is 17.0. The first-order valence-electron chi connectivity index (χ1n) is 23.5. The van der Waals surface area contributed by atoms with Gasteiger partial charge < -0.3 is 9.47 Å². The SMILES string of the molecule is CN(CCCCCCN(C)N=Nc1ccc(Oc2ccc(N=NN(C)CCCCCCN(C)N=Nc3ccc(Oc4ccc(N=NN(C)CCCCCCN(C)N=N)cc4)cc3)cc2)cc1)N=N. The van der Waals surface area contributed by atoms with Crippen LogP contribution in [0.3, 0.4) is 0 Å². The van der Waals surface area contributed by atoms with Gasteiger partial charge in [-0.1, -0.05) is 69.9 Å². The second-order valence-electron chi connectivity index (χ2n) is 16.7. The number of hydrogen-bond acceptors (Lipinski definition) is 14. The largest absolute Gasteiger partial charge is 0.457 e. The Morgan fingerprint density at radius 2 is 0.485 bits per heavy atom. The van der Waals surface area contributed by atoms with Gasteiger partial charge in [0, 0.05) is 81.6 Å². The van der Waals surface area contributed by atoms with E-state index in [1.54, 1.807) is 10.0 Å². The van der Waals surface area contributed by atoms with Crippen molar-refractivity contribution < 1.29 is 9.47 Å². The van der Waals surface area contributed by atoms with Crippen LogP contribution in [0.1, 0.15) is 77.0 Å². The van der Waals surface area contributed by atoms with Gasteiger partial charge in [-0.2, -0.15) is 11.1 Å². The molecule has 0 aliphatic rings. The van der Waals surface area contributed by atoms with Crippen LogP contribution in [0.5, 0.6) is 23.0 Å².